The van der Waals surface area contributed by atoms with Gasteiger partial charge in [0.1, 0.15) is 6.61 Å². The smallest absolute Gasteiger partial charge is 0.255 e. The molecule has 0 aliphatic carbocycles. The Labute approximate surface area is 163 Å². The number of aryl methyl sites for hydroxylation is 1. The summed E-state index contributed by atoms with van der Waals surface area (Å²) >= 11 is 0. The Balaban J connectivity index is 1.68. The molecule has 0 aliphatic heterocycles. The second-order valence-corrected chi connectivity index (χ2v) is 6.20. The van der Waals surface area contributed by atoms with E-state index in [0.29, 0.717) is 23.4 Å². The van der Waals surface area contributed by atoms with Crippen molar-refractivity contribution < 1.29 is 27.1 Å². The Hall–Kier alpha value is -3.36. The fraction of sp³-hybridized carbons (Fsp3) is 0.200. The van der Waals surface area contributed by atoms with Gasteiger partial charge in [0.15, 0.2) is 17.4 Å². The number of anilines is 1. The van der Waals surface area contributed by atoms with E-state index in [1.54, 1.807) is 10.9 Å². The van der Waals surface area contributed by atoms with Crippen molar-refractivity contribution in [3.8, 4) is 5.75 Å². The predicted octanol–water partition coefficient (Wildman–Crippen LogP) is 4.60. The average molecular weight is 407 g/mol. The van der Waals surface area contributed by atoms with Crippen LogP contribution in [-0.2, 0) is 13.2 Å². The van der Waals surface area contributed by atoms with Gasteiger partial charge in [-0.25, -0.2) is 8.78 Å². The maximum Gasteiger partial charge on any atom is 0.255 e. The van der Waals surface area contributed by atoms with Gasteiger partial charge < -0.3 is 10.1 Å². The van der Waals surface area contributed by atoms with Crippen LogP contribution in [0.4, 0.5) is 23.2 Å². The van der Waals surface area contributed by atoms with Crippen molar-refractivity contribution in [3.05, 3.63) is 76.6 Å². The Morgan fingerprint density at radius 2 is 1.72 bits per heavy atom. The van der Waals surface area contributed by atoms with E-state index in [-0.39, 0.29) is 18.6 Å². The molecule has 2 aromatic carbocycles. The summed E-state index contributed by atoms with van der Waals surface area (Å²) < 4.78 is 60.3. The highest BCUT2D eigenvalue weighted by Crippen LogP contribution is 2.27. The third kappa shape index (κ3) is 4.23. The number of nitrogens with zero attached hydrogens (tertiary/aromatic N) is 2. The highest BCUT2D eigenvalue weighted by atomic mass is 19.2. The second kappa shape index (κ2) is 8.34. The van der Waals surface area contributed by atoms with E-state index in [4.69, 9.17) is 4.74 Å². The van der Waals surface area contributed by atoms with Gasteiger partial charge in [-0.3, -0.25) is 9.48 Å². The van der Waals surface area contributed by atoms with E-state index in [9.17, 15) is 22.4 Å². The standard InChI is InChI=1S/C20H17F4N3O2/c1-3-27-11(2)16(9-25-27)26-20(28)13-6-4-12(5-7-13)10-29-19-17(23)14(21)8-15(22)18(19)24/h4-9H,3,10H2,1-2H3,(H,26,28). The molecule has 152 valence electrons. The van der Waals surface area contributed by atoms with Crippen LogP contribution < -0.4 is 10.1 Å². The van der Waals surface area contributed by atoms with Gasteiger partial charge >= 0.3 is 0 Å². The fourth-order valence-electron chi connectivity index (χ4n) is 2.67. The van der Waals surface area contributed by atoms with E-state index in [1.165, 1.54) is 24.3 Å². The van der Waals surface area contributed by atoms with Gasteiger partial charge in [-0.1, -0.05) is 12.1 Å². The summed E-state index contributed by atoms with van der Waals surface area (Å²) in [6.45, 7) is 4.09. The first-order valence-corrected chi connectivity index (χ1v) is 8.70. The summed E-state index contributed by atoms with van der Waals surface area (Å²) in [5.41, 5.74) is 2.19. The first-order valence-electron chi connectivity index (χ1n) is 8.70. The van der Waals surface area contributed by atoms with E-state index in [1.807, 2.05) is 13.8 Å². The molecule has 0 radical (unpaired) electrons. The summed E-state index contributed by atoms with van der Waals surface area (Å²) in [7, 11) is 0. The molecule has 0 bridgehead atoms. The summed E-state index contributed by atoms with van der Waals surface area (Å²) in [6.07, 6.45) is 1.56. The minimum Gasteiger partial charge on any atom is -0.483 e. The molecule has 0 aliphatic rings. The van der Waals surface area contributed by atoms with Crippen LogP contribution in [0.5, 0.6) is 5.75 Å². The molecular formula is C20H17F4N3O2. The zero-order valence-corrected chi connectivity index (χ0v) is 15.6. The van der Waals surface area contributed by atoms with Gasteiger partial charge in [0.2, 0.25) is 11.6 Å². The molecule has 1 aromatic heterocycles. The number of benzene rings is 2. The number of carbonyl (C=O) groups is 1. The van der Waals surface area contributed by atoms with Crippen molar-refractivity contribution in [2.75, 3.05) is 5.32 Å². The number of ether oxygens (including phenoxy) is 1. The minimum absolute atomic E-state index is 0.108. The van der Waals surface area contributed by atoms with E-state index in [2.05, 4.69) is 10.4 Å². The van der Waals surface area contributed by atoms with Crippen LogP contribution in [-0.4, -0.2) is 15.7 Å². The van der Waals surface area contributed by atoms with Gasteiger partial charge in [-0.15, -0.1) is 0 Å². The molecule has 3 rings (SSSR count). The van der Waals surface area contributed by atoms with Crippen molar-refractivity contribution in [2.45, 2.75) is 27.0 Å². The fourth-order valence-corrected chi connectivity index (χ4v) is 2.67. The highest BCUT2D eigenvalue weighted by molar-refractivity contribution is 6.04. The van der Waals surface area contributed by atoms with E-state index >= 15 is 0 Å². The number of amides is 1. The molecule has 0 saturated heterocycles. The minimum atomic E-state index is -1.61. The second-order valence-electron chi connectivity index (χ2n) is 6.20. The average Bonchev–Trinajstić information content (AvgIpc) is 3.06. The number of nitrogens with one attached hydrogen (secondary N) is 1. The SMILES string of the molecule is CCn1ncc(NC(=O)c2ccc(COc3c(F)c(F)cc(F)c3F)cc2)c1C. The van der Waals surface area contributed by atoms with Crippen LogP contribution in [0.3, 0.4) is 0 Å². The normalized spacial score (nSPS) is 10.8. The highest BCUT2D eigenvalue weighted by Gasteiger charge is 2.20. The van der Waals surface area contributed by atoms with Crippen molar-refractivity contribution in [3.63, 3.8) is 0 Å². The number of rotatable bonds is 6. The van der Waals surface area contributed by atoms with Crippen LogP contribution in [0.15, 0.2) is 36.5 Å². The lowest BCUT2D eigenvalue weighted by atomic mass is 10.1. The topological polar surface area (TPSA) is 56.2 Å². The van der Waals surface area contributed by atoms with Crippen molar-refractivity contribution >= 4 is 11.6 Å². The molecule has 29 heavy (non-hydrogen) atoms. The van der Waals surface area contributed by atoms with Crippen LogP contribution in [0.25, 0.3) is 0 Å². The maximum absolute atomic E-state index is 13.6. The third-order valence-corrected chi connectivity index (χ3v) is 4.32. The number of carbonyl (C=O) groups excluding carboxylic acids is 1. The Morgan fingerprint density at radius 1 is 1.10 bits per heavy atom. The molecule has 0 unspecified atom stereocenters. The number of aromatic nitrogens is 2. The van der Waals surface area contributed by atoms with Crippen LogP contribution in [0, 0.1) is 30.2 Å². The molecule has 0 fully saturated rings. The Bertz CT molecular complexity index is 1020. The quantitative estimate of drug-likeness (QED) is 0.480. The molecule has 0 atom stereocenters. The molecule has 5 nitrogen and oxygen atoms in total. The molecule has 1 N–H and O–H groups in total. The van der Waals surface area contributed by atoms with E-state index in [0.717, 1.165) is 5.69 Å². The van der Waals surface area contributed by atoms with Crippen molar-refractivity contribution in [1.82, 2.24) is 9.78 Å². The van der Waals surface area contributed by atoms with Gasteiger partial charge in [0.25, 0.3) is 5.91 Å². The predicted molar refractivity (Wildman–Crippen MR) is 97.6 cm³/mol. The largest absolute Gasteiger partial charge is 0.483 e. The zero-order valence-electron chi connectivity index (χ0n) is 15.6. The molecule has 0 saturated carbocycles. The van der Waals surface area contributed by atoms with Gasteiger partial charge in [0, 0.05) is 18.2 Å². The van der Waals surface area contributed by atoms with Gasteiger partial charge in [-0.05, 0) is 31.5 Å². The number of hydrogen-bond acceptors (Lipinski definition) is 3. The summed E-state index contributed by atoms with van der Waals surface area (Å²) in [5.74, 6) is -7.81. The first-order chi connectivity index (χ1) is 13.8. The third-order valence-electron chi connectivity index (χ3n) is 4.32. The maximum atomic E-state index is 13.6. The zero-order chi connectivity index (χ0) is 21.1. The summed E-state index contributed by atoms with van der Waals surface area (Å²) in [6, 6.07) is 6.10. The molecule has 0 spiro atoms. The van der Waals surface area contributed by atoms with Crippen molar-refractivity contribution in [1.29, 1.82) is 0 Å². The van der Waals surface area contributed by atoms with E-state index < -0.39 is 29.0 Å². The van der Waals surface area contributed by atoms with Crippen LogP contribution in [0.1, 0.15) is 28.5 Å². The first kappa shape index (κ1) is 20.4. The molecule has 1 amide bonds. The lowest BCUT2D eigenvalue weighted by molar-refractivity contribution is 0.102. The van der Waals surface area contributed by atoms with Gasteiger partial charge in [0.05, 0.1) is 17.6 Å². The van der Waals surface area contributed by atoms with Gasteiger partial charge in [-0.2, -0.15) is 13.9 Å². The number of hydrogen-bond donors (Lipinski definition) is 1. The Kier molecular flexibility index (Phi) is 5.86. The molecule has 9 heteroatoms. The summed E-state index contributed by atoms with van der Waals surface area (Å²) in [5, 5.41) is 6.90. The summed E-state index contributed by atoms with van der Waals surface area (Å²) in [4.78, 5) is 12.4. The molecule has 1 heterocycles. The van der Waals surface area contributed by atoms with Crippen LogP contribution >= 0.6 is 0 Å². The molecular weight excluding hydrogens is 390 g/mol. The van der Waals surface area contributed by atoms with Crippen LogP contribution in [0.2, 0.25) is 0 Å². The monoisotopic (exact) mass is 407 g/mol. The lowest BCUT2D eigenvalue weighted by Gasteiger charge is -2.10. The molecule has 3 aromatic rings. The number of halogens is 4. The van der Waals surface area contributed by atoms with Crippen molar-refractivity contribution in [2.24, 2.45) is 0 Å². The Morgan fingerprint density at radius 3 is 2.28 bits per heavy atom. The lowest BCUT2D eigenvalue weighted by Crippen LogP contribution is -2.13.